The van der Waals surface area contributed by atoms with Gasteiger partial charge in [0.1, 0.15) is 6.10 Å². The van der Waals surface area contributed by atoms with Gasteiger partial charge in [-0.1, -0.05) is 0 Å². The highest BCUT2D eigenvalue weighted by Crippen LogP contribution is 2.25. The Balaban J connectivity index is 2.39. The van der Waals surface area contributed by atoms with Crippen molar-refractivity contribution in [2.24, 2.45) is 11.7 Å². The van der Waals surface area contributed by atoms with Gasteiger partial charge < -0.3 is 20.9 Å². The molecule has 0 spiro atoms. The normalized spacial score (nSPS) is 26.4. The van der Waals surface area contributed by atoms with Crippen LogP contribution >= 0.6 is 0 Å². The Hall–Kier alpha value is -1.14. The van der Waals surface area contributed by atoms with E-state index in [1.165, 1.54) is 7.11 Å². The molecule has 92 valence electrons. The number of hydrogen-bond acceptors (Lipinski definition) is 4. The summed E-state index contributed by atoms with van der Waals surface area (Å²) in [5.74, 6) is -1.40. The maximum atomic E-state index is 11.6. The van der Waals surface area contributed by atoms with Crippen LogP contribution in [0.15, 0.2) is 0 Å². The van der Waals surface area contributed by atoms with Gasteiger partial charge in [-0.25, -0.2) is 0 Å². The summed E-state index contributed by atoms with van der Waals surface area (Å²) in [4.78, 5) is 22.3. The van der Waals surface area contributed by atoms with Gasteiger partial charge in [-0.3, -0.25) is 9.59 Å². The van der Waals surface area contributed by atoms with Gasteiger partial charge >= 0.3 is 5.97 Å². The van der Waals surface area contributed by atoms with E-state index in [0.29, 0.717) is 19.3 Å². The van der Waals surface area contributed by atoms with Gasteiger partial charge in [0.25, 0.3) is 5.91 Å². The van der Waals surface area contributed by atoms with Crippen molar-refractivity contribution in [1.29, 1.82) is 0 Å². The number of ether oxygens (including phenoxy) is 1. The fourth-order valence-electron chi connectivity index (χ4n) is 1.94. The molecule has 0 aromatic carbocycles. The van der Waals surface area contributed by atoms with E-state index < -0.39 is 12.1 Å². The minimum Gasteiger partial charge on any atom is -0.481 e. The number of carboxylic acid groups (broad SMARTS) is 1. The van der Waals surface area contributed by atoms with Crippen LogP contribution < -0.4 is 11.1 Å². The van der Waals surface area contributed by atoms with E-state index in [1.807, 2.05) is 0 Å². The molecule has 0 radical (unpaired) electrons. The monoisotopic (exact) mass is 230 g/mol. The van der Waals surface area contributed by atoms with E-state index in [0.717, 1.165) is 0 Å². The first-order chi connectivity index (χ1) is 7.58. The molecule has 1 aliphatic rings. The second-order valence-electron chi connectivity index (χ2n) is 4.01. The predicted molar refractivity (Wildman–Crippen MR) is 56.8 cm³/mol. The lowest BCUT2D eigenvalue weighted by Crippen LogP contribution is -2.44. The fraction of sp³-hybridized carbons (Fsp3) is 0.800. The van der Waals surface area contributed by atoms with E-state index in [2.05, 4.69) is 5.32 Å². The Morgan fingerprint density at radius 2 is 2.25 bits per heavy atom. The van der Waals surface area contributed by atoms with Crippen molar-refractivity contribution < 1.29 is 19.4 Å². The molecule has 6 heteroatoms. The molecule has 0 bridgehead atoms. The maximum Gasteiger partial charge on any atom is 0.306 e. The minimum atomic E-state index is -0.793. The summed E-state index contributed by atoms with van der Waals surface area (Å²) in [6.07, 6.45) is 1.15. The van der Waals surface area contributed by atoms with Crippen LogP contribution in [0.4, 0.5) is 0 Å². The zero-order valence-electron chi connectivity index (χ0n) is 9.31. The molecule has 1 amide bonds. The second-order valence-corrected chi connectivity index (χ2v) is 4.01. The van der Waals surface area contributed by atoms with E-state index in [4.69, 9.17) is 15.6 Å². The molecule has 16 heavy (non-hydrogen) atoms. The van der Waals surface area contributed by atoms with Crippen molar-refractivity contribution in [2.75, 3.05) is 13.7 Å². The second kappa shape index (κ2) is 5.81. The molecule has 3 atom stereocenters. The van der Waals surface area contributed by atoms with Gasteiger partial charge in [-0.2, -0.15) is 0 Å². The van der Waals surface area contributed by atoms with Gasteiger partial charge in [0, 0.05) is 19.7 Å². The van der Waals surface area contributed by atoms with Crippen LogP contribution in [0.3, 0.4) is 0 Å². The number of rotatable bonds is 5. The summed E-state index contributed by atoms with van der Waals surface area (Å²) in [7, 11) is 1.42. The molecule has 0 aliphatic heterocycles. The van der Waals surface area contributed by atoms with Crippen molar-refractivity contribution in [1.82, 2.24) is 5.32 Å². The van der Waals surface area contributed by atoms with Crippen LogP contribution in [0.5, 0.6) is 0 Å². The average molecular weight is 230 g/mol. The number of hydrogen-bond donors (Lipinski definition) is 3. The SMILES string of the molecule is COC(CN)C(=O)NC1CCC(C(=O)O)C1. The molecule has 0 aromatic rings. The van der Waals surface area contributed by atoms with Crippen LogP contribution in [0.2, 0.25) is 0 Å². The number of carboxylic acids is 1. The maximum absolute atomic E-state index is 11.6. The molecule has 6 nitrogen and oxygen atoms in total. The molecular weight excluding hydrogens is 212 g/mol. The number of nitrogens with one attached hydrogen (secondary N) is 1. The third kappa shape index (κ3) is 3.18. The molecule has 0 heterocycles. The van der Waals surface area contributed by atoms with Crippen LogP contribution in [-0.4, -0.2) is 42.8 Å². The lowest BCUT2D eigenvalue weighted by atomic mass is 10.1. The van der Waals surface area contributed by atoms with Crippen molar-refractivity contribution in [3.05, 3.63) is 0 Å². The minimum absolute atomic E-state index is 0.0715. The standard InChI is InChI=1S/C10H18N2O4/c1-16-8(5-11)9(13)12-7-3-2-6(4-7)10(14)15/h6-8H,2-5,11H2,1H3,(H,12,13)(H,14,15). The first kappa shape index (κ1) is 12.9. The third-order valence-electron chi connectivity index (χ3n) is 2.92. The summed E-state index contributed by atoms with van der Waals surface area (Å²) in [5.41, 5.74) is 5.35. The summed E-state index contributed by atoms with van der Waals surface area (Å²) < 4.78 is 4.89. The molecule has 1 saturated carbocycles. The zero-order chi connectivity index (χ0) is 12.1. The summed E-state index contributed by atoms with van der Waals surface area (Å²) in [6, 6.07) is -0.0715. The lowest BCUT2D eigenvalue weighted by Gasteiger charge is -2.17. The van der Waals surface area contributed by atoms with Crippen LogP contribution in [-0.2, 0) is 14.3 Å². The first-order valence-electron chi connectivity index (χ1n) is 5.34. The Bertz CT molecular complexity index is 266. The topological polar surface area (TPSA) is 102 Å². The first-order valence-corrected chi connectivity index (χ1v) is 5.34. The number of amides is 1. The summed E-state index contributed by atoms with van der Waals surface area (Å²) >= 11 is 0. The highest BCUT2D eigenvalue weighted by Gasteiger charge is 2.31. The Morgan fingerprint density at radius 3 is 2.69 bits per heavy atom. The number of aliphatic carboxylic acids is 1. The molecule has 0 aromatic heterocycles. The van der Waals surface area contributed by atoms with Crippen molar-refractivity contribution >= 4 is 11.9 Å². The number of carbonyl (C=O) groups is 2. The largest absolute Gasteiger partial charge is 0.481 e. The molecule has 1 fully saturated rings. The molecule has 0 saturated heterocycles. The van der Waals surface area contributed by atoms with E-state index in [-0.39, 0.29) is 24.4 Å². The van der Waals surface area contributed by atoms with E-state index >= 15 is 0 Å². The van der Waals surface area contributed by atoms with E-state index in [9.17, 15) is 9.59 Å². The molecule has 4 N–H and O–H groups in total. The van der Waals surface area contributed by atoms with Crippen LogP contribution in [0, 0.1) is 5.92 Å². The van der Waals surface area contributed by atoms with Crippen LogP contribution in [0.1, 0.15) is 19.3 Å². The average Bonchev–Trinajstić information content (AvgIpc) is 2.68. The van der Waals surface area contributed by atoms with Crippen molar-refractivity contribution in [2.45, 2.75) is 31.4 Å². The summed E-state index contributed by atoms with van der Waals surface area (Å²) in [6.45, 7) is 0.122. The Kier molecular flexibility index (Phi) is 4.70. The van der Waals surface area contributed by atoms with Crippen molar-refractivity contribution in [3.8, 4) is 0 Å². The zero-order valence-corrected chi connectivity index (χ0v) is 9.31. The molecular formula is C10H18N2O4. The molecule has 1 rings (SSSR count). The van der Waals surface area contributed by atoms with Gasteiger partial charge in [-0.15, -0.1) is 0 Å². The Labute approximate surface area is 94.1 Å². The fourth-order valence-corrected chi connectivity index (χ4v) is 1.94. The van der Waals surface area contributed by atoms with Gasteiger partial charge in [-0.05, 0) is 19.3 Å². The third-order valence-corrected chi connectivity index (χ3v) is 2.92. The highest BCUT2D eigenvalue weighted by atomic mass is 16.5. The number of carbonyl (C=O) groups excluding carboxylic acids is 1. The smallest absolute Gasteiger partial charge is 0.306 e. The van der Waals surface area contributed by atoms with E-state index in [1.54, 1.807) is 0 Å². The summed E-state index contributed by atoms with van der Waals surface area (Å²) in [5, 5.41) is 11.6. The lowest BCUT2D eigenvalue weighted by molar-refractivity contribution is -0.141. The molecule has 3 unspecified atom stereocenters. The van der Waals surface area contributed by atoms with Gasteiger partial charge in [0.15, 0.2) is 0 Å². The quantitative estimate of drug-likeness (QED) is 0.581. The molecule has 1 aliphatic carbocycles. The van der Waals surface area contributed by atoms with Gasteiger partial charge in [0.2, 0.25) is 0 Å². The number of methoxy groups -OCH3 is 1. The number of nitrogens with two attached hydrogens (primary N) is 1. The Morgan fingerprint density at radius 1 is 1.56 bits per heavy atom. The van der Waals surface area contributed by atoms with Gasteiger partial charge in [0.05, 0.1) is 5.92 Å². The predicted octanol–water partition coefficient (Wildman–Crippen LogP) is -0.670. The van der Waals surface area contributed by atoms with Crippen molar-refractivity contribution in [3.63, 3.8) is 0 Å². The van der Waals surface area contributed by atoms with Crippen LogP contribution in [0.25, 0.3) is 0 Å². The highest BCUT2D eigenvalue weighted by molar-refractivity contribution is 5.81.